The van der Waals surface area contributed by atoms with Crippen LogP contribution in [0.4, 0.5) is 0 Å². The van der Waals surface area contributed by atoms with Crippen LogP contribution in [0.15, 0.2) is 162 Å². The summed E-state index contributed by atoms with van der Waals surface area (Å²) < 4.78 is 229. The molecular weight excluding hydrogens is 520 g/mol. The van der Waals surface area contributed by atoms with Crippen LogP contribution < -0.4 is 0 Å². The van der Waals surface area contributed by atoms with Gasteiger partial charge < -0.3 is 4.42 Å². The van der Waals surface area contributed by atoms with Crippen molar-refractivity contribution in [2.75, 3.05) is 0 Å². The van der Waals surface area contributed by atoms with E-state index in [1.807, 2.05) is 0 Å². The van der Waals surface area contributed by atoms with Gasteiger partial charge >= 0.3 is 0 Å². The molecule has 0 atom stereocenters. The molecule has 1 heteroatoms. The molecule has 9 aromatic rings. The third kappa shape index (κ3) is 3.65. The van der Waals surface area contributed by atoms with Crippen molar-refractivity contribution >= 4 is 54.3 Å². The van der Waals surface area contributed by atoms with Crippen molar-refractivity contribution in [3.63, 3.8) is 0 Å². The molecule has 200 valence electrons. The van der Waals surface area contributed by atoms with Crippen LogP contribution in [0.1, 0.15) is 34.3 Å². The SMILES string of the molecule is [2H]c1cc2c(-c3c([2H])c([2H])c([2H])c(-c4c5c([2H])c([2H])c([2H])c([2H])c5c(-c5c([2H])c([2H])c([2H])c6oc7c([2H])c([2H])c([2H])c([2H])c7c56)c5c([2H])c([2H])c([2H])c([2H])c45)c3[2H])c([2H])c([2H])c([2H])c2c([2H])c1[2H]. The minimum atomic E-state index is -1.01. The maximum absolute atomic E-state index is 9.81. The van der Waals surface area contributed by atoms with E-state index in [0.717, 1.165) is 6.07 Å². The van der Waals surface area contributed by atoms with Crippen LogP contribution in [0.2, 0.25) is 0 Å². The highest BCUT2D eigenvalue weighted by atomic mass is 16.3. The summed E-state index contributed by atoms with van der Waals surface area (Å²) in [7, 11) is 0. The quantitative estimate of drug-likeness (QED) is 0.192. The Morgan fingerprint density at radius 2 is 0.953 bits per heavy atom. The van der Waals surface area contributed by atoms with Gasteiger partial charge in [-0.1, -0.05) is 139 Å². The lowest BCUT2D eigenvalue weighted by Crippen LogP contribution is -1.91. The molecule has 0 N–H and O–H groups in total. The van der Waals surface area contributed by atoms with E-state index in [1.165, 1.54) is 0 Å². The second kappa shape index (κ2) is 9.44. The molecule has 0 radical (unpaired) electrons. The van der Waals surface area contributed by atoms with Crippen LogP contribution in [0, 0.1) is 0 Å². The van der Waals surface area contributed by atoms with Crippen LogP contribution in [0.25, 0.3) is 87.6 Å². The first-order chi connectivity index (χ1) is 31.7. The Hall–Kier alpha value is -5.66. The monoisotopic (exact) mass is 571 g/mol. The lowest BCUT2D eigenvalue weighted by atomic mass is 9.84. The van der Waals surface area contributed by atoms with Crippen molar-refractivity contribution in [1.82, 2.24) is 0 Å². The average molecular weight is 572 g/mol. The summed E-state index contributed by atoms with van der Waals surface area (Å²) >= 11 is 0. The Morgan fingerprint density at radius 3 is 1.74 bits per heavy atom. The Kier molecular flexibility index (Phi) is 2.19. The zero-order chi connectivity index (χ0) is 50.1. The molecule has 43 heavy (non-hydrogen) atoms. The molecule has 0 amide bonds. The number of para-hydroxylation sites is 1. The largest absolute Gasteiger partial charge is 0.456 e. The van der Waals surface area contributed by atoms with Gasteiger partial charge in [-0.05, 0) is 83.8 Å². The Balaban J connectivity index is 1.64. The molecular formula is C42H26O. The molecule has 0 saturated carbocycles. The van der Waals surface area contributed by atoms with E-state index in [-0.39, 0.29) is 5.39 Å². The number of rotatable bonds is 3. The fourth-order valence-corrected chi connectivity index (χ4v) is 5.33. The van der Waals surface area contributed by atoms with Gasteiger partial charge in [-0.15, -0.1) is 0 Å². The van der Waals surface area contributed by atoms with Gasteiger partial charge in [0.2, 0.25) is 0 Å². The summed E-state index contributed by atoms with van der Waals surface area (Å²) in [6.45, 7) is 0. The number of furan rings is 1. The number of fused-ring (bicyclic) bond motifs is 6. The molecule has 0 bridgehead atoms. The molecule has 1 heterocycles. The zero-order valence-electron chi connectivity index (χ0n) is 46.5. The highest BCUT2D eigenvalue weighted by Crippen LogP contribution is 2.47. The summed E-state index contributed by atoms with van der Waals surface area (Å²) in [5, 5.41) is -4.51. The van der Waals surface area contributed by atoms with Crippen molar-refractivity contribution in [3.8, 4) is 33.4 Å². The molecule has 0 aliphatic heterocycles. The zero-order valence-corrected chi connectivity index (χ0v) is 21.5. The van der Waals surface area contributed by atoms with Gasteiger partial charge in [0, 0.05) is 10.8 Å². The van der Waals surface area contributed by atoms with E-state index in [0.29, 0.717) is 0 Å². The van der Waals surface area contributed by atoms with Crippen LogP contribution in [0.5, 0.6) is 0 Å². The summed E-state index contributed by atoms with van der Waals surface area (Å²) in [4.78, 5) is 0. The van der Waals surface area contributed by atoms with Gasteiger partial charge in [0.15, 0.2) is 0 Å². The lowest BCUT2D eigenvalue weighted by molar-refractivity contribution is 0.669. The van der Waals surface area contributed by atoms with Gasteiger partial charge in [0.05, 0.1) is 34.3 Å². The number of hydrogen-bond donors (Lipinski definition) is 0. The number of benzene rings is 8. The van der Waals surface area contributed by atoms with Crippen LogP contribution in [-0.2, 0) is 0 Å². The van der Waals surface area contributed by atoms with Gasteiger partial charge in [-0.2, -0.15) is 0 Å². The molecule has 0 unspecified atom stereocenters. The highest BCUT2D eigenvalue weighted by Gasteiger charge is 2.20. The Morgan fingerprint density at radius 1 is 0.395 bits per heavy atom. The first kappa shape index (κ1) is 9.97. The second-order valence-electron chi connectivity index (χ2n) is 9.34. The minimum Gasteiger partial charge on any atom is -0.456 e. The molecule has 1 nitrogen and oxygen atoms in total. The van der Waals surface area contributed by atoms with Crippen molar-refractivity contribution < 1.29 is 38.7 Å². The third-order valence-corrected chi connectivity index (χ3v) is 7.09. The topological polar surface area (TPSA) is 13.1 Å². The van der Waals surface area contributed by atoms with Crippen molar-refractivity contribution in [2.24, 2.45) is 0 Å². The van der Waals surface area contributed by atoms with E-state index in [4.69, 9.17) is 29.1 Å². The van der Waals surface area contributed by atoms with Crippen molar-refractivity contribution in [2.45, 2.75) is 0 Å². The molecule has 0 aliphatic rings. The Bertz CT molecular complexity index is 3820. The molecule has 0 fully saturated rings. The fraction of sp³-hybridized carbons (Fsp3) is 0. The summed E-state index contributed by atoms with van der Waals surface area (Å²) in [6, 6.07) is -20.8. The van der Waals surface area contributed by atoms with E-state index >= 15 is 0 Å². The van der Waals surface area contributed by atoms with Crippen LogP contribution >= 0.6 is 0 Å². The maximum Gasteiger partial charge on any atom is 0.136 e. The van der Waals surface area contributed by atoms with Gasteiger partial charge in [-0.3, -0.25) is 0 Å². The minimum absolute atomic E-state index is 0.345. The standard InChI is InChI=1S/C42H26O/c1-2-16-30-27(12-1)13-10-22-31(30)28-14-9-15-29(26-28)40-32-17-3-5-19-34(32)41(35-20-6-4-18-33(35)40)37-23-11-25-39-42(37)36-21-7-8-24-38(36)43-39/h1-26H/i1D,2D,3D,4D,5D,6D,7D,8D,9D,10D,11D,12D,13D,14D,15D,17D,18D,19D,20D,21D,22D,23D,24D,25D,26D. The van der Waals surface area contributed by atoms with Gasteiger partial charge in [0.25, 0.3) is 0 Å². The van der Waals surface area contributed by atoms with E-state index in [1.54, 1.807) is 0 Å². The first-order valence-electron chi connectivity index (χ1n) is 25.2. The molecule has 0 spiro atoms. The highest BCUT2D eigenvalue weighted by molar-refractivity contribution is 6.25. The number of hydrogen-bond acceptors (Lipinski definition) is 1. The van der Waals surface area contributed by atoms with E-state index in [9.17, 15) is 9.60 Å². The summed E-state index contributed by atoms with van der Waals surface area (Å²) in [5.74, 6) is 0. The van der Waals surface area contributed by atoms with E-state index in [2.05, 4.69) is 0 Å². The van der Waals surface area contributed by atoms with Gasteiger partial charge in [0.1, 0.15) is 11.2 Å². The van der Waals surface area contributed by atoms with Crippen molar-refractivity contribution in [3.05, 3.63) is 157 Å². The molecule has 8 aromatic carbocycles. The normalized spacial score (nSPS) is 19.9. The first-order valence-corrected chi connectivity index (χ1v) is 12.7. The smallest absolute Gasteiger partial charge is 0.136 e. The maximum atomic E-state index is 9.81. The second-order valence-corrected chi connectivity index (χ2v) is 9.34. The molecule has 0 saturated heterocycles. The van der Waals surface area contributed by atoms with Crippen molar-refractivity contribution in [1.29, 1.82) is 0 Å². The van der Waals surface area contributed by atoms with Gasteiger partial charge in [-0.25, -0.2) is 0 Å². The molecule has 1 aromatic heterocycles. The molecule has 9 rings (SSSR count). The summed E-state index contributed by atoms with van der Waals surface area (Å²) in [6.07, 6.45) is 0. The lowest BCUT2D eigenvalue weighted by Gasteiger charge is -2.19. The van der Waals surface area contributed by atoms with Crippen LogP contribution in [0.3, 0.4) is 0 Å². The predicted molar refractivity (Wildman–Crippen MR) is 183 cm³/mol. The fourth-order valence-electron chi connectivity index (χ4n) is 5.33. The third-order valence-electron chi connectivity index (χ3n) is 7.09. The summed E-state index contributed by atoms with van der Waals surface area (Å²) in [5.41, 5.74) is -5.25. The van der Waals surface area contributed by atoms with E-state index < -0.39 is 233 Å². The predicted octanol–water partition coefficient (Wildman–Crippen LogP) is 12.0. The average Bonchev–Trinajstić information content (AvgIpc) is 3.71. The van der Waals surface area contributed by atoms with Crippen LogP contribution in [-0.4, -0.2) is 0 Å². The molecule has 0 aliphatic carbocycles. The Labute approximate surface area is 284 Å².